The molecule has 0 fully saturated rings. The summed E-state index contributed by atoms with van der Waals surface area (Å²) in [6.45, 7) is 3.77. The molecule has 20 heavy (non-hydrogen) atoms. The summed E-state index contributed by atoms with van der Waals surface area (Å²) in [6.07, 6.45) is 4.25. The van der Waals surface area contributed by atoms with Crippen molar-refractivity contribution in [2.75, 3.05) is 0 Å². The first-order valence-corrected chi connectivity index (χ1v) is 6.86. The van der Waals surface area contributed by atoms with Crippen LogP contribution in [0.3, 0.4) is 0 Å². The van der Waals surface area contributed by atoms with Crippen LogP contribution in [0.2, 0.25) is 0 Å². The van der Waals surface area contributed by atoms with E-state index >= 15 is 0 Å². The zero-order valence-corrected chi connectivity index (χ0v) is 11.8. The summed E-state index contributed by atoms with van der Waals surface area (Å²) < 4.78 is 15.9. The molecule has 0 unspecified atom stereocenters. The number of rotatable bonds is 2. The Kier molecular flexibility index (Phi) is 2.90. The molecule has 0 bridgehead atoms. The minimum Gasteiger partial charge on any atom is -0.268 e. The number of hydrogen-bond donors (Lipinski definition) is 0. The van der Waals surface area contributed by atoms with Gasteiger partial charge in [0.25, 0.3) is 5.56 Å². The Morgan fingerprint density at radius 1 is 1.30 bits per heavy atom. The number of hydrogen-bond acceptors (Lipinski definition) is 4. The molecular formula is C14H12FN3OS. The third-order valence-electron chi connectivity index (χ3n) is 3.25. The van der Waals surface area contributed by atoms with Crippen LogP contribution >= 0.6 is 11.5 Å². The van der Waals surface area contributed by atoms with E-state index in [1.807, 2.05) is 32.0 Å². The van der Waals surface area contributed by atoms with Crippen molar-refractivity contribution in [3.8, 4) is 0 Å². The molecule has 0 amide bonds. The lowest BCUT2D eigenvalue weighted by atomic mass is 10.0. The zero-order chi connectivity index (χ0) is 14.3. The van der Waals surface area contributed by atoms with Gasteiger partial charge in [-0.3, -0.25) is 18.7 Å². The predicted molar refractivity (Wildman–Crippen MR) is 76.5 cm³/mol. The van der Waals surface area contributed by atoms with Crippen molar-refractivity contribution in [3.05, 3.63) is 58.7 Å². The second-order valence-corrected chi connectivity index (χ2v) is 5.95. The quantitative estimate of drug-likeness (QED) is 0.729. The summed E-state index contributed by atoms with van der Waals surface area (Å²) in [5.41, 5.74) is -0.239. The lowest BCUT2D eigenvalue weighted by molar-refractivity contribution is 0.447. The van der Waals surface area contributed by atoms with E-state index in [1.165, 1.54) is 17.7 Å². The number of fused-ring (bicyclic) bond motifs is 1. The van der Waals surface area contributed by atoms with Gasteiger partial charge < -0.3 is 0 Å². The molecule has 3 rings (SSSR count). The number of aromatic nitrogens is 3. The zero-order valence-electron chi connectivity index (χ0n) is 11.0. The maximum Gasteiger partial charge on any atom is 0.272 e. The molecule has 0 N–H and O–H groups in total. The van der Waals surface area contributed by atoms with Crippen LogP contribution in [-0.4, -0.2) is 13.9 Å². The lowest BCUT2D eigenvalue weighted by Gasteiger charge is -2.24. The highest BCUT2D eigenvalue weighted by molar-refractivity contribution is 7.13. The summed E-state index contributed by atoms with van der Waals surface area (Å²) in [6, 6.07) is 5.53. The van der Waals surface area contributed by atoms with Crippen molar-refractivity contribution in [3.63, 3.8) is 0 Å². The smallest absolute Gasteiger partial charge is 0.268 e. The van der Waals surface area contributed by atoms with E-state index in [-0.39, 0.29) is 10.9 Å². The molecule has 3 heterocycles. The molecule has 0 radical (unpaired) electrons. The topological polar surface area (TPSA) is 47.8 Å². The van der Waals surface area contributed by atoms with E-state index in [9.17, 15) is 9.18 Å². The maximum absolute atomic E-state index is 13.8. The van der Waals surface area contributed by atoms with Gasteiger partial charge in [0.1, 0.15) is 0 Å². The molecule has 0 atom stereocenters. The fraction of sp³-hybridized carbons (Fsp3) is 0.214. The van der Waals surface area contributed by atoms with Gasteiger partial charge in [-0.25, -0.2) is 4.39 Å². The van der Waals surface area contributed by atoms with Crippen LogP contribution in [0.5, 0.6) is 0 Å². The predicted octanol–water partition coefficient (Wildman–Crippen LogP) is 2.78. The second-order valence-electron chi connectivity index (χ2n) is 4.96. The molecule has 3 aromatic heterocycles. The number of pyridine rings is 2. The molecule has 0 spiro atoms. The van der Waals surface area contributed by atoms with Gasteiger partial charge in [-0.15, -0.1) is 0 Å². The van der Waals surface area contributed by atoms with Gasteiger partial charge in [0.2, 0.25) is 0 Å². The third-order valence-corrected chi connectivity index (χ3v) is 4.56. The van der Waals surface area contributed by atoms with Crippen LogP contribution in [0, 0.1) is 5.82 Å². The Balaban J connectivity index is 2.28. The molecule has 0 saturated carbocycles. The van der Waals surface area contributed by atoms with Gasteiger partial charge in [-0.05, 0) is 26.0 Å². The van der Waals surface area contributed by atoms with Crippen LogP contribution < -0.4 is 5.56 Å². The molecule has 0 aliphatic rings. The average Bonchev–Trinajstić information content (AvgIpc) is 2.79. The summed E-state index contributed by atoms with van der Waals surface area (Å²) in [4.78, 5) is 20.5. The maximum atomic E-state index is 13.8. The molecule has 4 nitrogen and oxygen atoms in total. The van der Waals surface area contributed by atoms with Crippen LogP contribution in [0.4, 0.5) is 4.39 Å². The Morgan fingerprint density at radius 2 is 2.10 bits per heavy atom. The molecule has 0 aromatic carbocycles. The molecule has 102 valence electrons. The van der Waals surface area contributed by atoms with E-state index in [1.54, 1.807) is 10.2 Å². The van der Waals surface area contributed by atoms with Crippen molar-refractivity contribution < 1.29 is 4.39 Å². The molecule has 6 heteroatoms. The molecule has 0 aliphatic carbocycles. The monoisotopic (exact) mass is 289 g/mol. The fourth-order valence-electron chi connectivity index (χ4n) is 2.13. The Morgan fingerprint density at radius 3 is 2.75 bits per heavy atom. The minimum atomic E-state index is -0.644. The van der Waals surface area contributed by atoms with E-state index in [4.69, 9.17) is 0 Å². The highest BCUT2D eigenvalue weighted by Crippen LogP contribution is 2.28. The van der Waals surface area contributed by atoms with Crippen molar-refractivity contribution in [2.24, 2.45) is 0 Å². The highest BCUT2D eigenvalue weighted by atomic mass is 32.1. The molecule has 3 aromatic rings. The first kappa shape index (κ1) is 12.9. The average molecular weight is 289 g/mol. The van der Waals surface area contributed by atoms with Gasteiger partial charge in [-0.1, -0.05) is 17.6 Å². The molecule has 0 aliphatic heterocycles. The molecular weight excluding hydrogens is 277 g/mol. The van der Waals surface area contributed by atoms with Crippen LogP contribution in [-0.2, 0) is 5.54 Å². The highest BCUT2D eigenvalue weighted by Gasteiger charge is 2.28. The third kappa shape index (κ3) is 1.84. The number of halogens is 1. The van der Waals surface area contributed by atoms with E-state index in [0.29, 0.717) is 4.70 Å². The van der Waals surface area contributed by atoms with Gasteiger partial charge in [0, 0.05) is 12.4 Å². The van der Waals surface area contributed by atoms with E-state index in [0.717, 1.165) is 11.9 Å². The largest absolute Gasteiger partial charge is 0.272 e. The summed E-state index contributed by atoms with van der Waals surface area (Å²) in [5.74, 6) is -0.584. The molecule has 0 saturated heterocycles. The van der Waals surface area contributed by atoms with Crippen LogP contribution in [0.15, 0.2) is 41.6 Å². The van der Waals surface area contributed by atoms with E-state index < -0.39 is 11.4 Å². The standard InChI is InChI=1S/C14H12FN3OS/c1-14(2,11-5-3-4-6-17-11)18-13(19)12-9(15)7-16-8-10(12)20-18/h3-8H,1-2H3. The SMILES string of the molecule is CC(C)(c1ccccn1)n1sc2cncc(F)c2c1=O. The van der Waals surface area contributed by atoms with Gasteiger partial charge in [-0.2, -0.15) is 0 Å². The Labute approximate surface area is 118 Å². The van der Waals surface area contributed by atoms with E-state index in [2.05, 4.69) is 9.97 Å². The first-order valence-electron chi connectivity index (χ1n) is 6.09. The van der Waals surface area contributed by atoms with Gasteiger partial charge >= 0.3 is 0 Å². The normalized spacial score (nSPS) is 11.9. The Bertz CT molecular complexity index is 823. The van der Waals surface area contributed by atoms with Crippen molar-refractivity contribution in [1.29, 1.82) is 0 Å². The van der Waals surface area contributed by atoms with Crippen LogP contribution in [0.25, 0.3) is 10.1 Å². The van der Waals surface area contributed by atoms with Crippen molar-refractivity contribution in [2.45, 2.75) is 19.4 Å². The summed E-state index contributed by atoms with van der Waals surface area (Å²) >= 11 is 1.20. The summed E-state index contributed by atoms with van der Waals surface area (Å²) in [7, 11) is 0. The lowest BCUT2D eigenvalue weighted by Crippen LogP contribution is -2.34. The Hall–Kier alpha value is -2.08. The van der Waals surface area contributed by atoms with Crippen molar-refractivity contribution in [1.82, 2.24) is 13.9 Å². The number of nitrogens with zero attached hydrogens (tertiary/aromatic N) is 3. The summed E-state index contributed by atoms with van der Waals surface area (Å²) in [5, 5.41) is 0.0917. The second kappa shape index (κ2) is 4.49. The minimum absolute atomic E-state index is 0.0917. The van der Waals surface area contributed by atoms with Crippen molar-refractivity contribution >= 4 is 21.6 Å². The fourth-order valence-corrected chi connectivity index (χ4v) is 3.21. The van der Waals surface area contributed by atoms with Crippen LogP contribution in [0.1, 0.15) is 19.5 Å². The van der Waals surface area contributed by atoms with Gasteiger partial charge in [0.05, 0.1) is 27.5 Å². The van der Waals surface area contributed by atoms with Gasteiger partial charge in [0.15, 0.2) is 5.82 Å². The first-order chi connectivity index (χ1) is 9.51.